The van der Waals surface area contributed by atoms with E-state index in [1.807, 2.05) is 0 Å². The number of hydrogen-bond acceptors (Lipinski definition) is 1. The number of rotatable bonds is 0. The van der Waals surface area contributed by atoms with Crippen molar-refractivity contribution in [3.8, 4) is 0 Å². The third-order valence-electron chi connectivity index (χ3n) is 1.74. The number of hydrogen-bond donors (Lipinski definition) is 0. The lowest BCUT2D eigenvalue weighted by atomic mass is 10.2. The number of benzene rings is 1. The quantitative estimate of drug-likeness (QED) is 0.537. The van der Waals surface area contributed by atoms with Crippen LogP contribution in [0.1, 0.15) is 0 Å². The molecule has 13 heavy (non-hydrogen) atoms. The van der Waals surface area contributed by atoms with E-state index in [-0.39, 0.29) is 3.57 Å². The first-order valence-corrected chi connectivity index (χ1v) is 4.66. The van der Waals surface area contributed by atoms with Gasteiger partial charge in [0.25, 0.3) is 0 Å². The maximum Gasteiger partial charge on any atom is 0.148 e. The minimum Gasteiger partial charge on any atom is -0.256 e. The Kier molecular flexibility index (Phi) is 2.15. The van der Waals surface area contributed by atoms with Gasteiger partial charge in [0, 0.05) is 17.6 Å². The van der Waals surface area contributed by atoms with Crippen molar-refractivity contribution in [3.05, 3.63) is 39.6 Å². The van der Waals surface area contributed by atoms with E-state index in [0.717, 1.165) is 0 Å². The third kappa shape index (κ3) is 1.39. The molecule has 0 aliphatic carbocycles. The van der Waals surface area contributed by atoms with Gasteiger partial charge in [-0.15, -0.1) is 0 Å². The fourth-order valence-corrected chi connectivity index (χ4v) is 1.57. The molecule has 0 aliphatic heterocycles. The van der Waals surface area contributed by atoms with Crippen molar-refractivity contribution in [2.45, 2.75) is 0 Å². The molecule has 1 heterocycles. The maximum absolute atomic E-state index is 13.4. The van der Waals surface area contributed by atoms with Gasteiger partial charge in [0.2, 0.25) is 0 Å². The molecule has 0 amide bonds. The fraction of sp³-hybridized carbons (Fsp3) is 0. The summed E-state index contributed by atoms with van der Waals surface area (Å²) in [6, 6.07) is 4.44. The summed E-state index contributed by atoms with van der Waals surface area (Å²) >= 11 is 1.64. The maximum atomic E-state index is 13.4. The monoisotopic (exact) mass is 291 g/mol. The number of aromatic nitrogens is 1. The van der Waals surface area contributed by atoms with Crippen molar-refractivity contribution in [1.82, 2.24) is 4.98 Å². The smallest absolute Gasteiger partial charge is 0.148 e. The van der Waals surface area contributed by atoms with Crippen molar-refractivity contribution >= 4 is 33.5 Å². The molecule has 2 rings (SSSR count). The summed E-state index contributed by atoms with van der Waals surface area (Å²) in [5.41, 5.74) is 0.345. The molecule has 1 aromatic heterocycles. The molecule has 1 nitrogen and oxygen atoms in total. The van der Waals surface area contributed by atoms with Crippen molar-refractivity contribution in [3.63, 3.8) is 0 Å². The molecule has 2 aromatic rings. The highest BCUT2D eigenvalue weighted by atomic mass is 127. The molecule has 0 bridgehead atoms. The highest BCUT2D eigenvalue weighted by Gasteiger charge is 2.10. The van der Waals surface area contributed by atoms with Gasteiger partial charge in [0.15, 0.2) is 0 Å². The first kappa shape index (κ1) is 8.80. The summed E-state index contributed by atoms with van der Waals surface area (Å²) in [5.74, 6) is -1.10. The van der Waals surface area contributed by atoms with Crippen molar-refractivity contribution in [2.75, 3.05) is 0 Å². The molecule has 0 saturated carbocycles. The van der Waals surface area contributed by atoms with E-state index in [4.69, 9.17) is 0 Å². The molecule has 0 unspecified atom stereocenters. The molecule has 1 aromatic carbocycles. The van der Waals surface area contributed by atoms with Crippen LogP contribution in [0.25, 0.3) is 10.9 Å². The van der Waals surface area contributed by atoms with Crippen LogP contribution < -0.4 is 0 Å². The minimum atomic E-state index is -0.565. The van der Waals surface area contributed by atoms with Crippen LogP contribution in [0.4, 0.5) is 8.78 Å². The Morgan fingerprint density at radius 3 is 2.85 bits per heavy atom. The zero-order valence-electron chi connectivity index (χ0n) is 6.39. The van der Waals surface area contributed by atoms with Crippen LogP contribution in [0.2, 0.25) is 0 Å². The van der Waals surface area contributed by atoms with Gasteiger partial charge in [-0.1, -0.05) is 0 Å². The van der Waals surface area contributed by atoms with Crippen LogP contribution in [0.5, 0.6) is 0 Å². The second-order valence-electron chi connectivity index (χ2n) is 2.56. The summed E-state index contributed by atoms with van der Waals surface area (Å²) < 4.78 is 26.4. The van der Waals surface area contributed by atoms with E-state index in [1.54, 1.807) is 34.7 Å². The molecular weight excluding hydrogens is 287 g/mol. The fourth-order valence-electron chi connectivity index (χ4n) is 1.12. The first-order chi connectivity index (χ1) is 6.20. The molecular formula is C9H4F2IN. The Bertz CT molecular complexity index is 470. The Morgan fingerprint density at radius 2 is 2.08 bits per heavy atom. The Labute approximate surface area is 86.9 Å². The SMILES string of the molecule is Fc1cc2ncccc2c(F)c1I. The predicted octanol–water partition coefficient (Wildman–Crippen LogP) is 3.12. The number of nitrogens with zero attached hydrogens (tertiary/aromatic N) is 1. The van der Waals surface area contributed by atoms with Gasteiger partial charge in [-0.2, -0.15) is 0 Å². The first-order valence-electron chi connectivity index (χ1n) is 3.58. The number of fused-ring (bicyclic) bond motifs is 1. The molecule has 0 fully saturated rings. The summed E-state index contributed by atoms with van der Waals surface area (Å²) in [6.45, 7) is 0. The average molecular weight is 291 g/mol. The van der Waals surface area contributed by atoms with Crippen molar-refractivity contribution < 1.29 is 8.78 Å². The molecule has 0 aliphatic rings. The van der Waals surface area contributed by atoms with Crippen LogP contribution in [0.3, 0.4) is 0 Å². The predicted molar refractivity (Wildman–Crippen MR) is 54.4 cm³/mol. The lowest BCUT2D eigenvalue weighted by Gasteiger charge is -2.01. The second kappa shape index (κ2) is 3.17. The molecule has 0 atom stereocenters. The standard InChI is InChI=1S/C9H4F2IN/c10-6-4-7-5(2-1-3-13-7)8(11)9(6)12/h1-4H. The highest BCUT2D eigenvalue weighted by Crippen LogP contribution is 2.23. The van der Waals surface area contributed by atoms with Crippen molar-refractivity contribution in [2.24, 2.45) is 0 Å². The van der Waals surface area contributed by atoms with Gasteiger partial charge in [-0.05, 0) is 34.7 Å². The van der Waals surface area contributed by atoms with E-state index in [9.17, 15) is 8.78 Å². The van der Waals surface area contributed by atoms with Gasteiger partial charge in [-0.25, -0.2) is 8.78 Å². The lowest BCUT2D eigenvalue weighted by Crippen LogP contribution is -1.91. The van der Waals surface area contributed by atoms with Gasteiger partial charge < -0.3 is 0 Å². The van der Waals surface area contributed by atoms with Gasteiger partial charge in [0.05, 0.1) is 9.09 Å². The lowest BCUT2D eigenvalue weighted by molar-refractivity contribution is 0.579. The molecule has 0 spiro atoms. The third-order valence-corrected chi connectivity index (χ3v) is 2.73. The average Bonchev–Trinajstić information content (AvgIpc) is 2.15. The van der Waals surface area contributed by atoms with Crippen LogP contribution in [-0.4, -0.2) is 4.98 Å². The molecule has 4 heteroatoms. The Hall–Kier alpha value is -0.780. The highest BCUT2D eigenvalue weighted by molar-refractivity contribution is 14.1. The minimum absolute atomic E-state index is 0.0121. The van der Waals surface area contributed by atoms with Gasteiger partial charge in [-0.3, -0.25) is 4.98 Å². The van der Waals surface area contributed by atoms with Gasteiger partial charge >= 0.3 is 0 Å². The van der Waals surface area contributed by atoms with Crippen LogP contribution in [-0.2, 0) is 0 Å². The summed E-state index contributed by atoms with van der Waals surface area (Å²) in [6.07, 6.45) is 1.51. The summed E-state index contributed by atoms with van der Waals surface area (Å²) in [7, 11) is 0. The summed E-state index contributed by atoms with van der Waals surface area (Å²) in [4.78, 5) is 3.86. The van der Waals surface area contributed by atoms with E-state index in [0.29, 0.717) is 10.9 Å². The van der Waals surface area contributed by atoms with Gasteiger partial charge in [0.1, 0.15) is 11.6 Å². The Balaban J connectivity index is 2.94. The normalized spacial score (nSPS) is 10.7. The largest absolute Gasteiger partial charge is 0.256 e. The molecule has 0 N–H and O–H groups in total. The zero-order chi connectivity index (χ0) is 9.42. The molecule has 0 radical (unpaired) electrons. The Morgan fingerprint density at radius 1 is 1.31 bits per heavy atom. The van der Waals surface area contributed by atoms with E-state index < -0.39 is 11.6 Å². The summed E-state index contributed by atoms with van der Waals surface area (Å²) in [5, 5.41) is 0.355. The van der Waals surface area contributed by atoms with Crippen LogP contribution in [0.15, 0.2) is 24.4 Å². The number of halogens is 3. The van der Waals surface area contributed by atoms with Crippen molar-refractivity contribution in [1.29, 1.82) is 0 Å². The second-order valence-corrected chi connectivity index (χ2v) is 3.64. The number of pyridine rings is 1. The van der Waals surface area contributed by atoms with E-state index in [2.05, 4.69) is 4.98 Å². The topological polar surface area (TPSA) is 12.9 Å². The molecule has 66 valence electrons. The van der Waals surface area contributed by atoms with Crippen LogP contribution >= 0.6 is 22.6 Å². The van der Waals surface area contributed by atoms with E-state index >= 15 is 0 Å². The van der Waals surface area contributed by atoms with E-state index in [1.165, 1.54) is 12.3 Å². The molecule has 0 saturated heterocycles. The zero-order valence-corrected chi connectivity index (χ0v) is 8.55. The van der Waals surface area contributed by atoms with Crippen LogP contribution in [0, 0.1) is 15.2 Å².